The Labute approximate surface area is 156 Å². The summed E-state index contributed by atoms with van der Waals surface area (Å²) >= 11 is 5.89. The van der Waals surface area contributed by atoms with E-state index in [-0.39, 0.29) is 24.7 Å². The lowest BCUT2D eigenvalue weighted by molar-refractivity contribution is 0.0447. The predicted molar refractivity (Wildman–Crippen MR) is 98.0 cm³/mol. The Morgan fingerprint density at radius 3 is 2.54 bits per heavy atom. The summed E-state index contributed by atoms with van der Waals surface area (Å²) in [5.41, 5.74) is 0.249. The molecule has 132 valence electrons. The van der Waals surface area contributed by atoms with Gasteiger partial charge in [0.25, 0.3) is 0 Å². The summed E-state index contributed by atoms with van der Waals surface area (Å²) in [6.07, 6.45) is 1.55. The van der Waals surface area contributed by atoms with Gasteiger partial charge in [-0.1, -0.05) is 35.9 Å². The van der Waals surface area contributed by atoms with Crippen LogP contribution in [0.15, 0.2) is 72.9 Å². The van der Waals surface area contributed by atoms with Gasteiger partial charge < -0.3 is 14.2 Å². The number of carbonyl (C=O) groups excluding carboxylic acids is 1. The molecule has 0 N–H and O–H groups in total. The van der Waals surface area contributed by atoms with Crippen LogP contribution in [-0.4, -0.2) is 24.2 Å². The van der Waals surface area contributed by atoms with Gasteiger partial charge in [0.2, 0.25) is 5.88 Å². The Bertz CT molecular complexity index is 870. The molecule has 0 saturated carbocycles. The first-order chi connectivity index (χ1) is 12.7. The molecule has 3 rings (SSSR count). The average molecular weight is 370 g/mol. The van der Waals surface area contributed by atoms with Gasteiger partial charge in [0, 0.05) is 11.2 Å². The van der Waals surface area contributed by atoms with Crippen LogP contribution in [0.1, 0.15) is 10.4 Å². The molecule has 0 aliphatic rings. The highest BCUT2D eigenvalue weighted by Gasteiger charge is 2.15. The first-order valence-electron chi connectivity index (χ1n) is 7.96. The van der Waals surface area contributed by atoms with Gasteiger partial charge in [-0.25, -0.2) is 9.78 Å². The van der Waals surface area contributed by atoms with Crippen molar-refractivity contribution in [1.82, 2.24) is 4.98 Å². The topological polar surface area (TPSA) is 57.7 Å². The van der Waals surface area contributed by atoms with E-state index in [1.807, 2.05) is 18.2 Å². The van der Waals surface area contributed by atoms with Crippen molar-refractivity contribution in [3.63, 3.8) is 0 Å². The zero-order chi connectivity index (χ0) is 18.2. The maximum atomic E-state index is 12.3. The average Bonchev–Trinajstić information content (AvgIpc) is 2.66. The second kappa shape index (κ2) is 8.87. The zero-order valence-corrected chi connectivity index (χ0v) is 14.6. The Morgan fingerprint density at radius 2 is 1.73 bits per heavy atom. The van der Waals surface area contributed by atoms with Gasteiger partial charge in [-0.3, -0.25) is 0 Å². The summed E-state index contributed by atoms with van der Waals surface area (Å²) in [5, 5.41) is 0.581. The van der Waals surface area contributed by atoms with Crippen molar-refractivity contribution in [2.24, 2.45) is 0 Å². The number of para-hydroxylation sites is 1. The van der Waals surface area contributed by atoms with E-state index in [9.17, 15) is 4.79 Å². The van der Waals surface area contributed by atoms with Crippen molar-refractivity contribution in [2.45, 2.75) is 0 Å². The van der Waals surface area contributed by atoms with E-state index in [2.05, 4.69) is 4.98 Å². The van der Waals surface area contributed by atoms with Crippen molar-refractivity contribution in [1.29, 1.82) is 0 Å². The maximum Gasteiger partial charge on any atom is 0.343 e. The number of aromatic nitrogens is 1. The molecule has 5 nitrogen and oxygen atoms in total. The van der Waals surface area contributed by atoms with Gasteiger partial charge in [-0.15, -0.1) is 0 Å². The van der Waals surface area contributed by atoms with E-state index in [0.717, 1.165) is 0 Å². The van der Waals surface area contributed by atoms with Crippen LogP contribution < -0.4 is 9.47 Å². The number of hydrogen-bond acceptors (Lipinski definition) is 5. The van der Waals surface area contributed by atoms with Gasteiger partial charge in [-0.05, 0) is 42.5 Å². The molecule has 1 aromatic heterocycles. The van der Waals surface area contributed by atoms with Gasteiger partial charge in [0.05, 0.1) is 0 Å². The van der Waals surface area contributed by atoms with Crippen LogP contribution in [0.3, 0.4) is 0 Å². The number of hydrogen-bond donors (Lipinski definition) is 0. The van der Waals surface area contributed by atoms with Crippen molar-refractivity contribution in [3.8, 4) is 17.4 Å². The summed E-state index contributed by atoms with van der Waals surface area (Å²) in [4.78, 5) is 16.4. The molecule has 0 bridgehead atoms. The molecule has 2 aromatic carbocycles. The number of rotatable bonds is 7. The fraction of sp³-hybridized carbons (Fsp3) is 0.100. The molecule has 26 heavy (non-hydrogen) atoms. The number of carbonyl (C=O) groups is 1. The lowest BCUT2D eigenvalue weighted by atomic mass is 10.2. The molecule has 0 atom stereocenters. The van der Waals surface area contributed by atoms with Crippen LogP contribution >= 0.6 is 11.6 Å². The quantitative estimate of drug-likeness (QED) is 0.444. The van der Waals surface area contributed by atoms with Gasteiger partial charge >= 0.3 is 5.97 Å². The summed E-state index contributed by atoms with van der Waals surface area (Å²) in [7, 11) is 0. The first kappa shape index (κ1) is 17.8. The highest BCUT2D eigenvalue weighted by atomic mass is 35.5. The van der Waals surface area contributed by atoms with E-state index < -0.39 is 5.97 Å². The lowest BCUT2D eigenvalue weighted by Crippen LogP contribution is -2.13. The Kier molecular flexibility index (Phi) is 6.06. The fourth-order valence-corrected chi connectivity index (χ4v) is 2.34. The highest BCUT2D eigenvalue weighted by Crippen LogP contribution is 2.23. The van der Waals surface area contributed by atoms with Gasteiger partial charge in [-0.2, -0.15) is 0 Å². The molecule has 3 aromatic rings. The number of nitrogens with zero attached hydrogens (tertiary/aromatic N) is 1. The normalized spacial score (nSPS) is 10.2. The second-order valence-corrected chi connectivity index (χ2v) is 5.65. The summed E-state index contributed by atoms with van der Waals surface area (Å²) in [6.45, 7) is 0.298. The van der Waals surface area contributed by atoms with Crippen LogP contribution in [0.2, 0.25) is 5.02 Å². The molecule has 0 fully saturated rings. The van der Waals surface area contributed by atoms with Crippen LogP contribution in [0.25, 0.3) is 0 Å². The van der Waals surface area contributed by atoms with Crippen LogP contribution in [-0.2, 0) is 4.74 Å². The van der Waals surface area contributed by atoms with Gasteiger partial charge in [0.1, 0.15) is 30.3 Å². The van der Waals surface area contributed by atoms with E-state index in [4.69, 9.17) is 25.8 Å². The maximum absolute atomic E-state index is 12.3. The van der Waals surface area contributed by atoms with Crippen molar-refractivity contribution in [2.75, 3.05) is 13.2 Å². The molecule has 0 radical (unpaired) electrons. The molecule has 0 aliphatic carbocycles. The SMILES string of the molecule is O=C(OCCOc1cccc(Cl)c1)c1cccnc1Oc1ccccc1. The third-order valence-electron chi connectivity index (χ3n) is 3.33. The van der Waals surface area contributed by atoms with Crippen LogP contribution in [0, 0.1) is 0 Å². The molecule has 0 amide bonds. The molecule has 0 unspecified atom stereocenters. The Morgan fingerprint density at radius 1 is 0.923 bits per heavy atom. The summed E-state index contributed by atoms with van der Waals surface area (Å²) in [6, 6.07) is 19.4. The standard InChI is InChI=1S/C20H16ClNO4/c21-15-6-4-9-17(14-15)24-12-13-25-20(23)18-10-5-11-22-19(18)26-16-7-2-1-3-8-16/h1-11,14H,12-13H2. The van der Waals surface area contributed by atoms with Crippen molar-refractivity contribution in [3.05, 3.63) is 83.5 Å². The van der Waals surface area contributed by atoms with Crippen molar-refractivity contribution < 1.29 is 19.0 Å². The first-order valence-corrected chi connectivity index (χ1v) is 8.33. The number of benzene rings is 2. The lowest BCUT2D eigenvalue weighted by Gasteiger charge is -2.10. The fourth-order valence-electron chi connectivity index (χ4n) is 2.16. The summed E-state index contributed by atoms with van der Waals surface area (Å²) in [5.74, 6) is 0.866. The molecule has 1 heterocycles. The van der Waals surface area contributed by atoms with Crippen molar-refractivity contribution >= 4 is 17.6 Å². The number of pyridine rings is 1. The van der Waals surface area contributed by atoms with E-state index >= 15 is 0 Å². The summed E-state index contributed by atoms with van der Waals surface area (Å²) < 4.78 is 16.4. The molecule has 6 heteroatoms. The van der Waals surface area contributed by atoms with Crippen LogP contribution in [0.5, 0.6) is 17.4 Å². The monoisotopic (exact) mass is 369 g/mol. The third-order valence-corrected chi connectivity index (χ3v) is 3.57. The highest BCUT2D eigenvalue weighted by molar-refractivity contribution is 6.30. The minimum Gasteiger partial charge on any atom is -0.490 e. The molecule has 0 spiro atoms. The smallest absolute Gasteiger partial charge is 0.343 e. The Hall–Kier alpha value is -3.05. The third kappa shape index (κ3) is 4.97. The number of halogens is 1. The van der Waals surface area contributed by atoms with Crippen LogP contribution in [0.4, 0.5) is 0 Å². The second-order valence-electron chi connectivity index (χ2n) is 5.21. The predicted octanol–water partition coefficient (Wildman–Crippen LogP) is 4.76. The number of ether oxygens (including phenoxy) is 3. The zero-order valence-electron chi connectivity index (χ0n) is 13.8. The molecule has 0 aliphatic heterocycles. The van der Waals surface area contributed by atoms with Gasteiger partial charge in [0.15, 0.2) is 0 Å². The largest absolute Gasteiger partial charge is 0.490 e. The minimum absolute atomic E-state index is 0.0883. The van der Waals surface area contributed by atoms with E-state index in [1.54, 1.807) is 54.7 Å². The molecular weight excluding hydrogens is 354 g/mol. The van der Waals surface area contributed by atoms with E-state index in [1.165, 1.54) is 0 Å². The minimum atomic E-state index is -0.529. The van der Waals surface area contributed by atoms with E-state index in [0.29, 0.717) is 16.5 Å². The Balaban J connectivity index is 1.56. The number of esters is 1. The molecule has 0 saturated heterocycles. The molecular formula is C20H16ClNO4.